The second-order valence-corrected chi connectivity index (χ2v) is 6.17. The van der Waals surface area contributed by atoms with Crippen molar-refractivity contribution in [2.24, 2.45) is 10.7 Å². The standard InChI is InChI=1S/C14H20N3O8P/c1-9-13(18)11(10(6-16-9)8-25-26(21,22)23)7-17-12(14(19)20)2-4-24-5-3-15/h2,4,6,18H,3,5,7-8,15H2,1H3,(H,19,20)(H2,21,22,23)/b4-2+,17-12?. The van der Waals surface area contributed by atoms with E-state index < -0.39 is 20.4 Å². The molecule has 0 radical (unpaired) electrons. The molecule has 26 heavy (non-hydrogen) atoms. The summed E-state index contributed by atoms with van der Waals surface area (Å²) in [5.41, 5.74) is 5.43. The molecule has 0 atom stereocenters. The number of carbonyl (C=O) groups is 1. The number of aromatic nitrogens is 1. The molecule has 1 aromatic rings. The van der Waals surface area contributed by atoms with E-state index in [9.17, 15) is 14.5 Å². The van der Waals surface area contributed by atoms with Gasteiger partial charge in [0.25, 0.3) is 0 Å². The summed E-state index contributed by atoms with van der Waals surface area (Å²) in [5, 5.41) is 19.3. The van der Waals surface area contributed by atoms with Crippen LogP contribution in [-0.4, -0.2) is 49.8 Å². The first-order chi connectivity index (χ1) is 12.2. The Hall–Kier alpha value is -2.30. The van der Waals surface area contributed by atoms with Gasteiger partial charge in [0.1, 0.15) is 11.5 Å². The molecule has 0 aromatic carbocycles. The minimum absolute atomic E-state index is 0.140. The largest absolute Gasteiger partial charge is 0.506 e. The molecule has 1 aromatic heterocycles. The third-order valence-corrected chi connectivity index (χ3v) is 3.47. The highest BCUT2D eigenvalue weighted by atomic mass is 31.2. The van der Waals surface area contributed by atoms with E-state index in [1.54, 1.807) is 0 Å². The van der Waals surface area contributed by atoms with E-state index >= 15 is 0 Å². The minimum Gasteiger partial charge on any atom is -0.506 e. The van der Waals surface area contributed by atoms with Crippen LogP contribution in [0, 0.1) is 6.92 Å². The van der Waals surface area contributed by atoms with E-state index in [4.69, 9.17) is 25.4 Å². The molecule has 0 bridgehead atoms. The number of ether oxygens (including phenoxy) is 1. The van der Waals surface area contributed by atoms with Crippen LogP contribution >= 0.6 is 7.82 Å². The average Bonchev–Trinajstić information content (AvgIpc) is 2.55. The first kappa shape index (κ1) is 21.7. The Morgan fingerprint density at radius 3 is 2.73 bits per heavy atom. The Morgan fingerprint density at radius 2 is 2.15 bits per heavy atom. The van der Waals surface area contributed by atoms with Crippen LogP contribution < -0.4 is 5.73 Å². The lowest BCUT2D eigenvalue weighted by Gasteiger charge is -2.12. The van der Waals surface area contributed by atoms with Crippen molar-refractivity contribution in [1.29, 1.82) is 0 Å². The number of carboxylic acids is 1. The number of aromatic hydroxyl groups is 1. The molecule has 0 unspecified atom stereocenters. The van der Waals surface area contributed by atoms with Gasteiger partial charge in [-0.25, -0.2) is 9.36 Å². The zero-order valence-corrected chi connectivity index (χ0v) is 14.8. The van der Waals surface area contributed by atoms with Gasteiger partial charge in [-0.05, 0) is 6.92 Å². The van der Waals surface area contributed by atoms with Crippen LogP contribution in [-0.2, 0) is 31.8 Å². The van der Waals surface area contributed by atoms with Crippen LogP contribution in [0.1, 0.15) is 16.8 Å². The van der Waals surface area contributed by atoms with Crippen molar-refractivity contribution in [3.63, 3.8) is 0 Å². The lowest BCUT2D eigenvalue weighted by molar-refractivity contribution is -0.129. The molecular weight excluding hydrogens is 369 g/mol. The Kier molecular flexibility index (Phi) is 8.36. The van der Waals surface area contributed by atoms with Gasteiger partial charge in [0.05, 0.1) is 31.7 Å². The molecule has 0 fully saturated rings. The third kappa shape index (κ3) is 7.30. The molecule has 0 spiro atoms. The smallest absolute Gasteiger partial charge is 0.469 e. The number of aliphatic carboxylic acids is 1. The van der Waals surface area contributed by atoms with Crippen LogP contribution in [0.2, 0.25) is 0 Å². The van der Waals surface area contributed by atoms with Crippen LogP contribution in [0.5, 0.6) is 5.75 Å². The number of phosphoric acid groups is 1. The maximum atomic E-state index is 11.2. The van der Waals surface area contributed by atoms with E-state index in [0.717, 1.165) is 12.3 Å². The monoisotopic (exact) mass is 389 g/mol. The van der Waals surface area contributed by atoms with E-state index in [-0.39, 0.29) is 48.0 Å². The molecule has 12 heteroatoms. The van der Waals surface area contributed by atoms with Gasteiger partial charge in [-0.1, -0.05) is 0 Å². The molecule has 11 nitrogen and oxygen atoms in total. The summed E-state index contributed by atoms with van der Waals surface area (Å²) >= 11 is 0. The van der Waals surface area contributed by atoms with Crippen LogP contribution in [0.15, 0.2) is 23.5 Å². The molecule has 144 valence electrons. The molecule has 0 aliphatic rings. The maximum absolute atomic E-state index is 11.2. The van der Waals surface area contributed by atoms with E-state index in [0.29, 0.717) is 0 Å². The lowest BCUT2D eigenvalue weighted by atomic mass is 10.1. The first-order valence-electron chi connectivity index (χ1n) is 7.28. The number of rotatable bonds is 10. The van der Waals surface area contributed by atoms with Crippen molar-refractivity contribution in [2.75, 3.05) is 13.2 Å². The zero-order chi connectivity index (χ0) is 19.7. The minimum atomic E-state index is -4.73. The molecule has 1 heterocycles. The average molecular weight is 389 g/mol. The molecule has 0 saturated heterocycles. The lowest BCUT2D eigenvalue weighted by Crippen LogP contribution is -2.12. The van der Waals surface area contributed by atoms with Gasteiger partial charge >= 0.3 is 13.8 Å². The summed E-state index contributed by atoms with van der Waals surface area (Å²) < 4.78 is 20.2. The number of nitrogens with zero attached hydrogens (tertiary/aromatic N) is 2. The van der Waals surface area contributed by atoms with E-state index in [2.05, 4.69) is 14.5 Å². The summed E-state index contributed by atoms with van der Waals surface area (Å²) in [7, 11) is -4.73. The van der Waals surface area contributed by atoms with Crippen molar-refractivity contribution >= 4 is 19.5 Å². The maximum Gasteiger partial charge on any atom is 0.469 e. The highest BCUT2D eigenvalue weighted by molar-refractivity contribution is 7.46. The normalized spacial score (nSPS) is 12.5. The third-order valence-electron chi connectivity index (χ3n) is 3.00. The molecule has 0 aliphatic heterocycles. The van der Waals surface area contributed by atoms with Gasteiger partial charge in [-0.3, -0.25) is 14.5 Å². The van der Waals surface area contributed by atoms with Crippen molar-refractivity contribution < 1.29 is 38.6 Å². The summed E-state index contributed by atoms with van der Waals surface area (Å²) in [6.45, 7) is 1.16. The molecule has 0 amide bonds. The van der Waals surface area contributed by atoms with Crippen molar-refractivity contribution in [3.8, 4) is 5.75 Å². The molecular formula is C14H20N3O8P. The highest BCUT2D eigenvalue weighted by Gasteiger charge is 2.18. The summed E-state index contributed by atoms with van der Waals surface area (Å²) in [5.74, 6) is -1.59. The second-order valence-electron chi connectivity index (χ2n) is 4.93. The second kappa shape index (κ2) is 10.00. The number of hydrogen-bond acceptors (Lipinski definition) is 8. The van der Waals surface area contributed by atoms with Gasteiger partial charge in [0.15, 0.2) is 0 Å². The predicted octanol–water partition coefficient (Wildman–Crippen LogP) is 0.220. The van der Waals surface area contributed by atoms with Crippen molar-refractivity contribution in [1.82, 2.24) is 4.98 Å². The quantitative estimate of drug-likeness (QED) is 0.160. The van der Waals surface area contributed by atoms with E-state index in [1.165, 1.54) is 13.1 Å². The van der Waals surface area contributed by atoms with Crippen molar-refractivity contribution in [3.05, 3.63) is 35.4 Å². The summed E-state index contributed by atoms with van der Waals surface area (Å²) in [6.07, 6.45) is 3.51. The number of phosphoric ester groups is 1. The van der Waals surface area contributed by atoms with Crippen LogP contribution in [0.4, 0.5) is 0 Å². The number of aliphatic imine (C=N–C) groups is 1. The zero-order valence-electron chi connectivity index (χ0n) is 13.9. The number of aryl methyl sites for hydroxylation is 1. The Balaban J connectivity index is 3.07. The van der Waals surface area contributed by atoms with Gasteiger partial charge < -0.3 is 30.5 Å². The summed E-state index contributed by atoms with van der Waals surface area (Å²) in [4.78, 5) is 36.6. The van der Waals surface area contributed by atoms with Crippen molar-refractivity contribution in [2.45, 2.75) is 20.1 Å². The van der Waals surface area contributed by atoms with Gasteiger partial charge in [0.2, 0.25) is 0 Å². The fraction of sp³-hybridized carbons (Fsp3) is 0.357. The Labute approximate surface area is 149 Å². The number of pyridine rings is 1. The SMILES string of the molecule is Cc1ncc(COP(=O)(O)O)c(CN=C(/C=C/OCCN)C(=O)O)c1O. The Morgan fingerprint density at radius 1 is 1.46 bits per heavy atom. The predicted molar refractivity (Wildman–Crippen MR) is 90.4 cm³/mol. The van der Waals surface area contributed by atoms with Crippen LogP contribution in [0.3, 0.4) is 0 Å². The molecule has 0 saturated carbocycles. The first-order valence-corrected chi connectivity index (χ1v) is 8.81. The topological polar surface area (TPSA) is 185 Å². The molecule has 0 aliphatic carbocycles. The number of nitrogens with two attached hydrogens (primary N) is 1. The fourth-order valence-corrected chi connectivity index (χ4v) is 2.05. The summed E-state index contributed by atoms with van der Waals surface area (Å²) in [6, 6.07) is 0. The van der Waals surface area contributed by atoms with Gasteiger partial charge in [-0.2, -0.15) is 0 Å². The molecule has 6 N–H and O–H groups in total. The van der Waals surface area contributed by atoms with Gasteiger partial charge in [0, 0.05) is 29.9 Å². The van der Waals surface area contributed by atoms with E-state index in [1.807, 2.05) is 0 Å². The van der Waals surface area contributed by atoms with Crippen LogP contribution in [0.25, 0.3) is 0 Å². The fourth-order valence-electron chi connectivity index (χ4n) is 1.74. The highest BCUT2D eigenvalue weighted by Crippen LogP contribution is 2.38. The number of hydrogen-bond donors (Lipinski definition) is 5. The number of carboxylic acid groups (broad SMARTS) is 1. The van der Waals surface area contributed by atoms with Gasteiger partial charge in [-0.15, -0.1) is 0 Å². The molecule has 1 rings (SSSR count). The Bertz CT molecular complexity index is 744.